The van der Waals surface area contributed by atoms with E-state index in [1.54, 1.807) is 30.1 Å². The summed E-state index contributed by atoms with van der Waals surface area (Å²) in [5.74, 6) is -0.0972. The average molecular weight is 410 g/mol. The van der Waals surface area contributed by atoms with Gasteiger partial charge in [-0.2, -0.15) is 0 Å². The summed E-state index contributed by atoms with van der Waals surface area (Å²) in [5.41, 5.74) is 0.413. The SMILES string of the molecule is CN(CCC(=O)N1CCNCC1)CC(=O)Nc1c(Cl)cccc1Cl.Cl. The molecule has 1 fully saturated rings. The molecule has 9 heteroatoms. The van der Waals surface area contributed by atoms with E-state index in [1.165, 1.54) is 0 Å². The van der Waals surface area contributed by atoms with Gasteiger partial charge in [0.15, 0.2) is 0 Å². The predicted octanol–water partition coefficient (Wildman–Crippen LogP) is 2.11. The molecule has 1 aromatic rings. The zero-order valence-corrected chi connectivity index (χ0v) is 16.4. The number of hydrogen-bond acceptors (Lipinski definition) is 4. The van der Waals surface area contributed by atoms with Gasteiger partial charge in [-0.25, -0.2) is 0 Å². The number of amides is 2. The van der Waals surface area contributed by atoms with Gasteiger partial charge in [0, 0.05) is 39.1 Å². The maximum absolute atomic E-state index is 12.1. The number of piperazine rings is 1. The molecule has 1 aromatic carbocycles. The highest BCUT2D eigenvalue weighted by Gasteiger charge is 2.17. The highest BCUT2D eigenvalue weighted by Crippen LogP contribution is 2.29. The number of hydrogen-bond donors (Lipinski definition) is 2. The van der Waals surface area contributed by atoms with Crippen LogP contribution in [0, 0.1) is 0 Å². The normalized spacial score (nSPS) is 14.2. The first-order valence-corrected chi connectivity index (χ1v) is 8.64. The summed E-state index contributed by atoms with van der Waals surface area (Å²) in [5, 5.41) is 6.72. The first-order valence-electron chi connectivity index (χ1n) is 7.88. The summed E-state index contributed by atoms with van der Waals surface area (Å²) in [7, 11) is 1.80. The van der Waals surface area contributed by atoms with Crippen molar-refractivity contribution in [3.63, 3.8) is 0 Å². The first-order chi connectivity index (χ1) is 11.5. The second kappa shape index (κ2) is 10.8. The summed E-state index contributed by atoms with van der Waals surface area (Å²) in [4.78, 5) is 27.9. The fourth-order valence-corrected chi connectivity index (χ4v) is 2.97. The van der Waals surface area contributed by atoms with Crippen LogP contribution in [0.3, 0.4) is 0 Å². The number of nitrogens with one attached hydrogen (secondary N) is 2. The monoisotopic (exact) mass is 408 g/mol. The molecule has 0 atom stereocenters. The summed E-state index contributed by atoms with van der Waals surface area (Å²) in [6.45, 7) is 3.84. The highest BCUT2D eigenvalue weighted by atomic mass is 35.5. The molecule has 0 unspecified atom stereocenters. The lowest BCUT2D eigenvalue weighted by Crippen LogP contribution is -2.47. The van der Waals surface area contributed by atoms with Crippen LogP contribution >= 0.6 is 35.6 Å². The number of nitrogens with zero attached hydrogens (tertiary/aromatic N) is 2. The van der Waals surface area contributed by atoms with Gasteiger partial charge in [-0.15, -0.1) is 12.4 Å². The predicted molar refractivity (Wildman–Crippen MR) is 104 cm³/mol. The standard InChI is InChI=1S/C16H22Cl2N4O2.ClH/c1-21(8-5-15(24)22-9-6-19-7-10-22)11-14(23)20-16-12(17)3-2-4-13(16)18;/h2-4,19H,5-11H2,1H3,(H,20,23);1H. The molecule has 0 spiro atoms. The number of halogens is 3. The Morgan fingerprint density at radius 2 is 1.84 bits per heavy atom. The first kappa shape index (κ1) is 22.0. The van der Waals surface area contributed by atoms with Crippen LogP contribution in [-0.4, -0.2) is 67.9 Å². The molecule has 2 amide bonds. The van der Waals surface area contributed by atoms with Gasteiger partial charge in [0.25, 0.3) is 0 Å². The molecule has 0 bridgehead atoms. The second-order valence-electron chi connectivity index (χ2n) is 5.76. The Hall–Kier alpha value is -1.05. The van der Waals surface area contributed by atoms with Crippen molar-refractivity contribution < 1.29 is 9.59 Å². The fraction of sp³-hybridized carbons (Fsp3) is 0.500. The van der Waals surface area contributed by atoms with E-state index in [1.807, 2.05) is 4.90 Å². The van der Waals surface area contributed by atoms with Crippen LogP contribution in [-0.2, 0) is 9.59 Å². The van der Waals surface area contributed by atoms with Crippen LogP contribution in [0.2, 0.25) is 10.0 Å². The Labute approximate surface area is 164 Å². The number of carbonyl (C=O) groups is 2. The van der Waals surface area contributed by atoms with Crippen molar-refractivity contribution in [2.75, 3.05) is 51.6 Å². The summed E-state index contributed by atoms with van der Waals surface area (Å²) in [6.07, 6.45) is 0.399. The Balaban J connectivity index is 0.00000312. The lowest BCUT2D eigenvalue weighted by Gasteiger charge is -2.28. The van der Waals surface area contributed by atoms with Crippen molar-refractivity contribution in [1.29, 1.82) is 0 Å². The minimum Gasteiger partial charge on any atom is -0.340 e. The van der Waals surface area contributed by atoms with E-state index >= 15 is 0 Å². The molecular formula is C16H23Cl3N4O2. The summed E-state index contributed by atoms with van der Waals surface area (Å²) >= 11 is 12.1. The van der Waals surface area contributed by atoms with Crippen molar-refractivity contribution in [2.24, 2.45) is 0 Å². The molecule has 25 heavy (non-hydrogen) atoms. The maximum atomic E-state index is 12.1. The molecule has 1 saturated heterocycles. The van der Waals surface area contributed by atoms with Crippen molar-refractivity contribution >= 4 is 53.1 Å². The van der Waals surface area contributed by atoms with Crippen molar-refractivity contribution in [2.45, 2.75) is 6.42 Å². The number of carbonyl (C=O) groups excluding carboxylic acids is 2. The molecule has 2 rings (SSSR count). The van der Waals surface area contributed by atoms with E-state index in [9.17, 15) is 9.59 Å². The molecule has 0 aliphatic carbocycles. The van der Waals surface area contributed by atoms with Crippen LogP contribution in [0.25, 0.3) is 0 Å². The van der Waals surface area contributed by atoms with E-state index in [0.717, 1.165) is 26.2 Å². The maximum Gasteiger partial charge on any atom is 0.238 e. The third kappa shape index (κ3) is 6.99. The van der Waals surface area contributed by atoms with E-state index in [4.69, 9.17) is 23.2 Å². The molecule has 2 N–H and O–H groups in total. The van der Waals surface area contributed by atoms with Crippen LogP contribution in [0.15, 0.2) is 18.2 Å². The van der Waals surface area contributed by atoms with Gasteiger partial charge in [-0.1, -0.05) is 29.3 Å². The molecule has 0 saturated carbocycles. The largest absolute Gasteiger partial charge is 0.340 e. The van der Waals surface area contributed by atoms with Crippen molar-refractivity contribution in [1.82, 2.24) is 15.1 Å². The average Bonchev–Trinajstić information content (AvgIpc) is 2.57. The van der Waals surface area contributed by atoms with Crippen LogP contribution in [0.5, 0.6) is 0 Å². The molecule has 0 radical (unpaired) electrons. The molecule has 140 valence electrons. The number of likely N-dealkylation sites (N-methyl/N-ethyl adjacent to an activating group) is 1. The quantitative estimate of drug-likeness (QED) is 0.755. The number of para-hydroxylation sites is 1. The molecule has 1 aliphatic heterocycles. The van der Waals surface area contributed by atoms with Crippen molar-refractivity contribution in [3.8, 4) is 0 Å². The summed E-state index contributed by atoms with van der Waals surface area (Å²) < 4.78 is 0. The number of anilines is 1. The summed E-state index contributed by atoms with van der Waals surface area (Å²) in [6, 6.07) is 5.05. The van der Waals surface area contributed by atoms with Gasteiger partial charge >= 0.3 is 0 Å². The highest BCUT2D eigenvalue weighted by molar-refractivity contribution is 6.39. The van der Waals surface area contributed by atoms with Gasteiger partial charge < -0.3 is 15.5 Å². The molecule has 1 aliphatic rings. The van der Waals surface area contributed by atoms with Crippen LogP contribution < -0.4 is 10.6 Å². The zero-order valence-electron chi connectivity index (χ0n) is 14.1. The van der Waals surface area contributed by atoms with Gasteiger partial charge in [-0.05, 0) is 19.2 Å². The second-order valence-corrected chi connectivity index (χ2v) is 6.58. The zero-order chi connectivity index (χ0) is 17.5. The van der Waals surface area contributed by atoms with Crippen LogP contribution in [0.4, 0.5) is 5.69 Å². The third-order valence-electron chi connectivity index (χ3n) is 3.82. The molecular weight excluding hydrogens is 387 g/mol. The molecule has 1 heterocycles. The number of rotatable bonds is 6. The molecule has 6 nitrogen and oxygen atoms in total. The lowest BCUT2D eigenvalue weighted by atomic mass is 10.3. The minimum atomic E-state index is -0.220. The Morgan fingerprint density at radius 1 is 1.24 bits per heavy atom. The smallest absolute Gasteiger partial charge is 0.238 e. The Morgan fingerprint density at radius 3 is 2.44 bits per heavy atom. The Bertz CT molecular complexity index is 574. The Kier molecular flexibility index (Phi) is 9.53. The minimum absolute atomic E-state index is 0. The third-order valence-corrected chi connectivity index (χ3v) is 4.45. The van der Waals surface area contributed by atoms with E-state index in [-0.39, 0.29) is 30.8 Å². The van der Waals surface area contributed by atoms with Crippen molar-refractivity contribution in [3.05, 3.63) is 28.2 Å². The van der Waals surface area contributed by atoms with Gasteiger partial charge in [0.1, 0.15) is 0 Å². The lowest BCUT2D eigenvalue weighted by molar-refractivity contribution is -0.132. The van der Waals surface area contributed by atoms with E-state index in [2.05, 4.69) is 10.6 Å². The van der Waals surface area contributed by atoms with Gasteiger partial charge in [0.2, 0.25) is 11.8 Å². The fourth-order valence-electron chi connectivity index (χ4n) is 2.48. The van der Waals surface area contributed by atoms with Crippen LogP contribution in [0.1, 0.15) is 6.42 Å². The van der Waals surface area contributed by atoms with E-state index < -0.39 is 0 Å². The van der Waals surface area contributed by atoms with Gasteiger partial charge in [0.05, 0.1) is 22.3 Å². The molecule has 0 aromatic heterocycles. The van der Waals surface area contributed by atoms with Gasteiger partial charge in [-0.3, -0.25) is 14.5 Å². The number of benzene rings is 1. The topological polar surface area (TPSA) is 64.7 Å². The van der Waals surface area contributed by atoms with E-state index in [0.29, 0.717) is 28.7 Å².